The lowest BCUT2D eigenvalue weighted by atomic mass is 10.1. The van der Waals surface area contributed by atoms with E-state index in [1.807, 2.05) is 13.8 Å². The van der Waals surface area contributed by atoms with Gasteiger partial charge in [-0.3, -0.25) is 20.8 Å². The Hall–Kier alpha value is -2.15. The van der Waals surface area contributed by atoms with Crippen molar-refractivity contribution in [2.75, 3.05) is 12.0 Å². The minimum Gasteiger partial charge on any atom is -0.335 e. The highest BCUT2D eigenvalue weighted by Gasteiger charge is 2.35. The van der Waals surface area contributed by atoms with Crippen LogP contribution in [-0.2, 0) is 0 Å². The highest BCUT2D eigenvalue weighted by Crippen LogP contribution is 2.33. The summed E-state index contributed by atoms with van der Waals surface area (Å²) < 4.78 is 0. The van der Waals surface area contributed by atoms with Gasteiger partial charge in [-0.05, 0) is 24.8 Å². The number of carbonyl (C=O) groups excluding carboxylic acids is 1. The molecule has 0 aromatic heterocycles. The number of hydrogen-bond acceptors (Lipinski definition) is 5. The number of nitro benzene ring substituents is 1. The molecule has 114 valence electrons. The molecule has 1 fully saturated rings. The summed E-state index contributed by atoms with van der Waals surface area (Å²) in [5.41, 5.74) is 2.43. The number of nitrogens with one attached hydrogen (secondary N) is 1. The van der Waals surface area contributed by atoms with E-state index in [9.17, 15) is 14.9 Å². The number of hydrogen-bond donors (Lipinski definition) is 2. The third-order valence-electron chi connectivity index (χ3n) is 3.42. The second-order valence-corrected chi connectivity index (χ2v) is 5.68. The molecule has 0 saturated heterocycles. The number of para-hydroxylation sites is 1. The van der Waals surface area contributed by atoms with Crippen LogP contribution in [-0.4, -0.2) is 28.3 Å². The van der Waals surface area contributed by atoms with Crippen molar-refractivity contribution in [1.29, 1.82) is 0 Å². The predicted octanol–water partition coefficient (Wildman–Crippen LogP) is 2.14. The van der Waals surface area contributed by atoms with E-state index in [0.29, 0.717) is 12.5 Å². The molecule has 21 heavy (non-hydrogen) atoms. The third-order valence-corrected chi connectivity index (χ3v) is 3.42. The Balaban J connectivity index is 2.37. The maximum absolute atomic E-state index is 12.7. The minimum absolute atomic E-state index is 0.0712. The topological polar surface area (TPSA) is 102 Å². The van der Waals surface area contributed by atoms with Gasteiger partial charge in [-0.25, -0.2) is 0 Å². The number of nitrogens with zero attached hydrogens (tertiary/aromatic N) is 2. The standard InChI is InChI=1S/C14H20N4O3/c1-9(2)8-17(10-6-7-10)14(19)11-4-3-5-12(18(20)21)13(11)16-15/h3-5,9-10,16H,6-8,15H2,1-2H3. The Morgan fingerprint density at radius 3 is 2.67 bits per heavy atom. The summed E-state index contributed by atoms with van der Waals surface area (Å²) in [5, 5.41) is 11.0. The van der Waals surface area contributed by atoms with Gasteiger partial charge in [0, 0.05) is 18.7 Å². The van der Waals surface area contributed by atoms with E-state index in [1.165, 1.54) is 12.1 Å². The second-order valence-electron chi connectivity index (χ2n) is 5.68. The molecule has 0 spiro atoms. The molecule has 7 heteroatoms. The largest absolute Gasteiger partial charge is 0.335 e. The quantitative estimate of drug-likeness (QED) is 0.475. The van der Waals surface area contributed by atoms with Crippen molar-refractivity contribution in [2.24, 2.45) is 11.8 Å². The molecule has 1 aromatic carbocycles. The fourth-order valence-electron chi connectivity index (χ4n) is 2.35. The van der Waals surface area contributed by atoms with Crippen LogP contribution in [0.25, 0.3) is 0 Å². The van der Waals surface area contributed by atoms with Crippen molar-refractivity contribution in [2.45, 2.75) is 32.7 Å². The van der Waals surface area contributed by atoms with Crippen molar-refractivity contribution in [3.05, 3.63) is 33.9 Å². The molecule has 1 aliphatic carbocycles. The average molecular weight is 292 g/mol. The van der Waals surface area contributed by atoms with Crippen molar-refractivity contribution in [1.82, 2.24) is 4.90 Å². The first-order valence-corrected chi connectivity index (χ1v) is 7.00. The summed E-state index contributed by atoms with van der Waals surface area (Å²) in [7, 11) is 0. The highest BCUT2D eigenvalue weighted by atomic mass is 16.6. The Bertz CT molecular complexity index is 555. The number of hydrazine groups is 1. The Kier molecular flexibility index (Phi) is 4.42. The minimum atomic E-state index is -0.546. The molecule has 0 aliphatic heterocycles. The molecule has 0 atom stereocenters. The van der Waals surface area contributed by atoms with Crippen LogP contribution < -0.4 is 11.3 Å². The van der Waals surface area contributed by atoms with Crippen LogP contribution >= 0.6 is 0 Å². The molecular formula is C14H20N4O3. The summed E-state index contributed by atoms with van der Waals surface area (Å²) in [5.74, 6) is 5.52. The van der Waals surface area contributed by atoms with Gasteiger partial charge in [-0.2, -0.15) is 0 Å². The lowest BCUT2D eigenvalue weighted by molar-refractivity contribution is -0.384. The first-order chi connectivity index (χ1) is 9.95. The van der Waals surface area contributed by atoms with Gasteiger partial charge in [0.1, 0.15) is 5.69 Å². The van der Waals surface area contributed by atoms with Crippen molar-refractivity contribution in [3.8, 4) is 0 Å². The maximum Gasteiger partial charge on any atom is 0.294 e. The van der Waals surface area contributed by atoms with Crippen LogP contribution in [0.5, 0.6) is 0 Å². The second kappa shape index (κ2) is 6.09. The number of benzene rings is 1. The van der Waals surface area contributed by atoms with E-state index < -0.39 is 4.92 Å². The number of amides is 1. The Morgan fingerprint density at radius 1 is 1.52 bits per heavy atom. The Morgan fingerprint density at radius 2 is 2.19 bits per heavy atom. The molecule has 3 N–H and O–H groups in total. The molecule has 2 rings (SSSR count). The number of anilines is 1. The summed E-state index contributed by atoms with van der Waals surface area (Å²) in [4.78, 5) is 25.0. The summed E-state index contributed by atoms with van der Waals surface area (Å²) in [6, 6.07) is 4.65. The number of rotatable bonds is 6. The molecule has 7 nitrogen and oxygen atoms in total. The van der Waals surface area contributed by atoms with Crippen LogP contribution in [0.15, 0.2) is 18.2 Å². The normalized spacial score (nSPS) is 14.1. The van der Waals surface area contributed by atoms with Crippen LogP contribution in [0, 0.1) is 16.0 Å². The molecule has 0 bridgehead atoms. The molecule has 1 amide bonds. The zero-order valence-electron chi connectivity index (χ0n) is 12.2. The smallest absolute Gasteiger partial charge is 0.294 e. The number of carbonyl (C=O) groups is 1. The van der Waals surface area contributed by atoms with Crippen LogP contribution in [0.1, 0.15) is 37.0 Å². The van der Waals surface area contributed by atoms with Gasteiger partial charge in [0.2, 0.25) is 0 Å². The molecule has 0 heterocycles. The zero-order chi connectivity index (χ0) is 15.6. The molecule has 0 radical (unpaired) electrons. The van der Waals surface area contributed by atoms with Gasteiger partial charge in [-0.1, -0.05) is 19.9 Å². The number of nitrogens with two attached hydrogens (primary N) is 1. The summed E-state index contributed by atoms with van der Waals surface area (Å²) >= 11 is 0. The van der Waals surface area contributed by atoms with E-state index in [2.05, 4.69) is 5.43 Å². The van der Waals surface area contributed by atoms with Crippen molar-refractivity contribution < 1.29 is 9.72 Å². The molecular weight excluding hydrogens is 272 g/mol. The maximum atomic E-state index is 12.7. The average Bonchev–Trinajstić information content (AvgIpc) is 3.27. The van der Waals surface area contributed by atoms with Crippen LogP contribution in [0.3, 0.4) is 0 Å². The van der Waals surface area contributed by atoms with E-state index in [1.54, 1.807) is 11.0 Å². The molecule has 1 aliphatic rings. The van der Waals surface area contributed by atoms with Gasteiger partial charge in [0.25, 0.3) is 11.6 Å². The lowest BCUT2D eigenvalue weighted by Crippen LogP contribution is -2.36. The predicted molar refractivity (Wildman–Crippen MR) is 79.8 cm³/mol. The van der Waals surface area contributed by atoms with Crippen LogP contribution in [0.4, 0.5) is 11.4 Å². The van der Waals surface area contributed by atoms with Gasteiger partial charge < -0.3 is 10.3 Å². The first-order valence-electron chi connectivity index (χ1n) is 7.00. The fraction of sp³-hybridized carbons (Fsp3) is 0.500. The van der Waals surface area contributed by atoms with Gasteiger partial charge >= 0.3 is 0 Å². The summed E-state index contributed by atoms with van der Waals surface area (Å²) in [6.45, 7) is 4.71. The van der Waals surface area contributed by atoms with Gasteiger partial charge in [-0.15, -0.1) is 0 Å². The molecule has 1 saturated carbocycles. The molecule has 1 aromatic rings. The fourth-order valence-corrected chi connectivity index (χ4v) is 2.35. The zero-order valence-corrected chi connectivity index (χ0v) is 12.2. The van der Waals surface area contributed by atoms with E-state index >= 15 is 0 Å². The number of nitro groups is 1. The SMILES string of the molecule is CC(C)CN(C(=O)c1cccc([N+](=O)[O-])c1NN)C1CC1. The van der Waals surface area contributed by atoms with E-state index in [4.69, 9.17) is 5.84 Å². The number of nitrogen functional groups attached to an aromatic ring is 1. The third kappa shape index (κ3) is 3.30. The summed E-state index contributed by atoms with van der Waals surface area (Å²) in [6.07, 6.45) is 1.97. The van der Waals surface area contributed by atoms with Crippen molar-refractivity contribution in [3.63, 3.8) is 0 Å². The van der Waals surface area contributed by atoms with Gasteiger partial charge in [0.15, 0.2) is 0 Å². The Labute approximate surface area is 123 Å². The molecule has 0 unspecified atom stereocenters. The first kappa shape index (κ1) is 15.2. The van der Waals surface area contributed by atoms with Crippen LogP contribution in [0.2, 0.25) is 0 Å². The van der Waals surface area contributed by atoms with E-state index in [-0.39, 0.29) is 28.9 Å². The van der Waals surface area contributed by atoms with Crippen molar-refractivity contribution >= 4 is 17.3 Å². The monoisotopic (exact) mass is 292 g/mol. The van der Waals surface area contributed by atoms with Gasteiger partial charge in [0.05, 0.1) is 10.5 Å². The highest BCUT2D eigenvalue weighted by molar-refractivity contribution is 6.01. The lowest BCUT2D eigenvalue weighted by Gasteiger charge is -2.25. The van der Waals surface area contributed by atoms with E-state index in [0.717, 1.165) is 12.8 Å².